The highest BCUT2D eigenvalue weighted by Crippen LogP contribution is 2.29. The van der Waals surface area contributed by atoms with Gasteiger partial charge in [-0.25, -0.2) is 0 Å². The molecule has 0 atom stereocenters. The molecule has 0 radical (unpaired) electrons. The fourth-order valence-corrected chi connectivity index (χ4v) is 2.17. The number of carboxylic acids is 1. The van der Waals surface area contributed by atoms with E-state index in [0.29, 0.717) is 0 Å². The minimum Gasteiger partial charge on any atom is -0.480 e. The Morgan fingerprint density at radius 2 is 2.00 bits per heavy atom. The van der Waals surface area contributed by atoms with Crippen LogP contribution in [0.5, 0.6) is 0 Å². The van der Waals surface area contributed by atoms with Crippen LogP contribution in [0.25, 0.3) is 0 Å². The van der Waals surface area contributed by atoms with Gasteiger partial charge in [-0.1, -0.05) is 12.8 Å². The van der Waals surface area contributed by atoms with Crippen molar-refractivity contribution in [3.63, 3.8) is 0 Å². The van der Waals surface area contributed by atoms with Crippen LogP contribution in [0.2, 0.25) is 0 Å². The SMILES string of the molecule is CN(C)CCCNC1(C(=O)O)CCCC1. The topological polar surface area (TPSA) is 52.6 Å². The third kappa shape index (κ3) is 3.47. The molecule has 0 saturated heterocycles. The Morgan fingerprint density at radius 3 is 2.47 bits per heavy atom. The number of hydrogen-bond donors (Lipinski definition) is 2. The Kier molecular flexibility index (Phi) is 4.54. The quantitative estimate of drug-likeness (QED) is 0.646. The molecule has 0 aliphatic heterocycles. The fraction of sp³-hybridized carbons (Fsp3) is 0.909. The van der Waals surface area contributed by atoms with Crippen molar-refractivity contribution in [2.24, 2.45) is 0 Å². The van der Waals surface area contributed by atoms with Crippen LogP contribution in [-0.2, 0) is 4.79 Å². The van der Waals surface area contributed by atoms with E-state index in [4.69, 9.17) is 0 Å². The Bertz CT molecular complexity index is 211. The Balaban J connectivity index is 2.30. The normalized spacial score (nSPS) is 19.7. The molecule has 4 heteroatoms. The first-order valence-electron chi connectivity index (χ1n) is 5.70. The number of carbonyl (C=O) groups is 1. The summed E-state index contributed by atoms with van der Waals surface area (Å²) >= 11 is 0. The third-order valence-corrected chi connectivity index (χ3v) is 3.11. The predicted octanol–water partition coefficient (Wildman–Crippen LogP) is 0.925. The summed E-state index contributed by atoms with van der Waals surface area (Å²) in [5.41, 5.74) is -0.619. The lowest BCUT2D eigenvalue weighted by Gasteiger charge is -2.25. The molecule has 0 aromatic rings. The number of aliphatic carboxylic acids is 1. The Morgan fingerprint density at radius 1 is 1.40 bits per heavy atom. The second-order valence-electron chi connectivity index (χ2n) is 4.68. The highest BCUT2D eigenvalue weighted by atomic mass is 16.4. The van der Waals surface area contributed by atoms with E-state index in [1.54, 1.807) is 0 Å². The second kappa shape index (κ2) is 5.47. The molecule has 0 bridgehead atoms. The van der Waals surface area contributed by atoms with E-state index >= 15 is 0 Å². The average Bonchev–Trinajstić information content (AvgIpc) is 2.62. The van der Waals surface area contributed by atoms with Crippen LogP contribution < -0.4 is 5.32 Å². The van der Waals surface area contributed by atoms with Gasteiger partial charge in [0.05, 0.1) is 0 Å². The number of nitrogens with zero attached hydrogens (tertiary/aromatic N) is 1. The largest absolute Gasteiger partial charge is 0.480 e. The van der Waals surface area contributed by atoms with Crippen LogP contribution in [0.1, 0.15) is 32.1 Å². The first-order valence-corrected chi connectivity index (χ1v) is 5.70. The molecular weight excluding hydrogens is 192 g/mol. The monoisotopic (exact) mass is 214 g/mol. The van der Waals surface area contributed by atoms with Gasteiger partial charge in [0.1, 0.15) is 5.54 Å². The van der Waals surface area contributed by atoms with Crippen molar-refractivity contribution in [3.05, 3.63) is 0 Å². The van der Waals surface area contributed by atoms with Gasteiger partial charge in [-0.15, -0.1) is 0 Å². The summed E-state index contributed by atoms with van der Waals surface area (Å²) in [7, 11) is 4.06. The maximum absolute atomic E-state index is 11.2. The minimum absolute atomic E-state index is 0.619. The van der Waals surface area contributed by atoms with E-state index in [-0.39, 0.29) is 0 Å². The van der Waals surface area contributed by atoms with E-state index in [0.717, 1.165) is 45.2 Å². The van der Waals surface area contributed by atoms with E-state index < -0.39 is 11.5 Å². The van der Waals surface area contributed by atoms with Gasteiger partial charge in [0.2, 0.25) is 0 Å². The first kappa shape index (κ1) is 12.5. The van der Waals surface area contributed by atoms with Crippen LogP contribution in [-0.4, -0.2) is 48.7 Å². The first-order chi connectivity index (χ1) is 7.07. The molecule has 0 unspecified atom stereocenters. The Hall–Kier alpha value is -0.610. The molecule has 2 N–H and O–H groups in total. The fourth-order valence-electron chi connectivity index (χ4n) is 2.17. The second-order valence-corrected chi connectivity index (χ2v) is 4.68. The molecule has 1 saturated carbocycles. The third-order valence-electron chi connectivity index (χ3n) is 3.11. The summed E-state index contributed by atoms with van der Waals surface area (Å²) in [5, 5.41) is 12.4. The van der Waals surface area contributed by atoms with Crippen molar-refractivity contribution in [3.8, 4) is 0 Å². The van der Waals surface area contributed by atoms with Gasteiger partial charge in [0.15, 0.2) is 0 Å². The predicted molar refractivity (Wildman–Crippen MR) is 60.0 cm³/mol. The minimum atomic E-state index is -0.676. The number of carboxylic acid groups (broad SMARTS) is 1. The molecule has 0 spiro atoms. The van der Waals surface area contributed by atoms with E-state index in [9.17, 15) is 9.90 Å². The van der Waals surface area contributed by atoms with Crippen LogP contribution in [0, 0.1) is 0 Å². The van der Waals surface area contributed by atoms with Crippen molar-refractivity contribution in [1.82, 2.24) is 10.2 Å². The van der Waals surface area contributed by atoms with Crippen LogP contribution in [0.15, 0.2) is 0 Å². The molecule has 0 heterocycles. The molecule has 1 rings (SSSR count). The van der Waals surface area contributed by atoms with Crippen molar-refractivity contribution >= 4 is 5.97 Å². The van der Waals surface area contributed by atoms with Crippen LogP contribution in [0.4, 0.5) is 0 Å². The highest BCUT2D eigenvalue weighted by Gasteiger charge is 2.40. The van der Waals surface area contributed by atoms with E-state index in [2.05, 4.69) is 10.2 Å². The van der Waals surface area contributed by atoms with Gasteiger partial charge in [-0.05, 0) is 46.4 Å². The van der Waals surface area contributed by atoms with Crippen molar-refractivity contribution in [1.29, 1.82) is 0 Å². The highest BCUT2D eigenvalue weighted by molar-refractivity contribution is 5.79. The summed E-state index contributed by atoms with van der Waals surface area (Å²) in [5.74, 6) is -0.676. The summed E-state index contributed by atoms with van der Waals surface area (Å²) in [6.45, 7) is 1.80. The van der Waals surface area contributed by atoms with Crippen molar-refractivity contribution in [2.75, 3.05) is 27.2 Å². The van der Waals surface area contributed by atoms with Gasteiger partial charge >= 0.3 is 5.97 Å². The maximum Gasteiger partial charge on any atom is 0.323 e. The molecule has 88 valence electrons. The van der Waals surface area contributed by atoms with E-state index in [1.165, 1.54) is 0 Å². The number of nitrogens with one attached hydrogen (secondary N) is 1. The van der Waals surface area contributed by atoms with E-state index in [1.807, 2.05) is 14.1 Å². The number of hydrogen-bond acceptors (Lipinski definition) is 3. The summed E-state index contributed by atoms with van der Waals surface area (Å²) in [6.07, 6.45) is 4.64. The number of rotatable bonds is 6. The molecule has 0 aromatic carbocycles. The molecule has 1 fully saturated rings. The summed E-state index contributed by atoms with van der Waals surface area (Å²) in [4.78, 5) is 13.3. The van der Waals surface area contributed by atoms with Crippen molar-refractivity contribution in [2.45, 2.75) is 37.6 Å². The molecule has 15 heavy (non-hydrogen) atoms. The lowest BCUT2D eigenvalue weighted by molar-refractivity contribution is -0.144. The summed E-state index contributed by atoms with van der Waals surface area (Å²) < 4.78 is 0. The maximum atomic E-state index is 11.2. The lowest BCUT2D eigenvalue weighted by Crippen LogP contribution is -2.50. The van der Waals surface area contributed by atoms with Gasteiger partial charge in [-0.2, -0.15) is 0 Å². The summed E-state index contributed by atoms with van der Waals surface area (Å²) in [6, 6.07) is 0. The molecule has 0 amide bonds. The standard InChI is InChI=1S/C11H22N2O2/c1-13(2)9-5-8-12-11(10(14)15)6-3-4-7-11/h12H,3-9H2,1-2H3,(H,14,15). The zero-order valence-electron chi connectivity index (χ0n) is 9.75. The van der Waals surface area contributed by atoms with Crippen LogP contribution in [0.3, 0.4) is 0 Å². The van der Waals surface area contributed by atoms with Gasteiger partial charge in [0, 0.05) is 0 Å². The molecule has 0 aromatic heterocycles. The Labute approximate surface area is 91.6 Å². The average molecular weight is 214 g/mol. The van der Waals surface area contributed by atoms with Gasteiger partial charge < -0.3 is 15.3 Å². The van der Waals surface area contributed by atoms with Gasteiger partial charge in [0.25, 0.3) is 0 Å². The molecule has 4 nitrogen and oxygen atoms in total. The molecule has 1 aliphatic rings. The van der Waals surface area contributed by atoms with Crippen LogP contribution >= 0.6 is 0 Å². The zero-order chi connectivity index (χ0) is 11.3. The molecule has 1 aliphatic carbocycles. The smallest absolute Gasteiger partial charge is 0.323 e. The molecular formula is C11H22N2O2. The zero-order valence-corrected chi connectivity index (χ0v) is 9.75. The van der Waals surface area contributed by atoms with Gasteiger partial charge in [-0.3, -0.25) is 4.79 Å². The van der Waals surface area contributed by atoms with Crippen molar-refractivity contribution < 1.29 is 9.90 Å². The lowest BCUT2D eigenvalue weighted by atomic mass is 9.98.